The van der Waals surface area contributed by atoms with Crippen molar-refractivity contribution in [1.82, 2.24) is 5.43 Å². The average Bonchev–Trinajstić information content (AvgIpc) is 2.27. The molecule has 0 heterocycles. The molecule has 0 amide bonds. The maximum absolute atomic E-state index is 11.1. The molecule has 1 aromatic rings. The van der Waals surface area contributed by atoms with E-state index in [2.05, 4.69) is 28.0 Å². The highest BCUT2D eigenvalue weighted by Gasteiger charge is 2.12. The summed E-state index contributed by atoms with van der Waals surface area (Å²) in [6.45, 7) is 0. The average molecular weight is 403 g/mol. The minimum absolute atomic E-state index is 0.0822. The number of rotatable bonds is 6. The molecule has 0 aliphatic heterocycles. The minimum atomic E-state index is -2.92. The van der Waals surface area contributed by atoms with Gasteiger partial charge in [-0.25, -0.2) is 8.42 Å². The lowest BCUT2D eigenvalue weighted by atomic mass is 10.0. The number of hydrogen-bond donors (Lipinski definition) is 2. The van der Waals surface area contributed by atoms with Crippen LogP contribution in [0.3, 0.4) is 0 Å². The first-order valence-corrected chi connectivity index (χ1v) is 8.94. The molecular formula is C11H16ClIN2O2S. The van der Waals surface area contributed by atoms with E-state index in [-0.39, 0.29) is 11.8 Å². The molecule has 4 nitrogen and oxygen atoms in total. The Balaban J connectivity index is 2.68. The molecule has 0 aliphatic carbocycles. The van der Waals surface area contributed by atoms with Crippen LogP contribution in [0.4, 0.5) is 0 Å². The highest BCUT2D eigenvalue weighted by molar-refractivity contribution is 14.1. The number of halogens is 2. The van der Waals surface area contributed by atoms with Gasteiger partial charge < -0.3 is 0 Å². The number of hydrazine groups is 1. The smallest absolute Gasteiger partial charge is 0.147 e. The van der Waals surface area contributed by atoms with Gasteiger partial charge in [-0.2, -0.15) is 0 Å². The van der Waals surface area contributed by atoms with Crippen molar-refractivity contribution in [2.75, 3.05) is 12.0 Å². The van der Waals surface area contributed by atoms with Gasteiger partial charge in [0.1, 0.15) is 9.84 Å². The fourth-order valence-electron chi connectivity index (χ4n) is 1.62. The van der Waals surface area contributed by atoms with E-state index in [1.165, 1.54) is 6.26 Å². The van der Waals surface area contributed by atoms with Crippen molar-refractivity contribution in [1.29, 1.82) is 0 Å². The van der Waals surface area contributed by atoms with Crippen LogP contribution in [0.1, 0.15) is 24.4 Å². The number of sulfone groups is 1. The molecule has 0 bridgehead atoms. The van der Waals surface area contributed by atoms with Crippen LogP contribution in [0.5, 0.6) is 0 Å². The minimum Gasteiger partial charge on any atom is -0.271 e. The second-order valence-electron chi connectivity index (χ2n) is 4.16. The van der Waals surface area contributed by atoms with Crippen LogP contribution in [0, 0.1) is 3.57 Å². The number of nitrogens with two attached hydrogens (primary N) is 1. The molecule has 1 aromatic carbocycles. The molecule has 0 saturated heterocycles. The van der Waals surface area contributed by atoms with Gasteiger partial charge in [0.2, 0.25) is 0 Å². The standard InChI is InChI=1S/C11H16ClIN2O2S/c1-18(16,17)6-2-3-11(15-14)8-4-5-10(13)9(12)7-8/h4-5,7,11,15H,2-3,6,14H2,1H3. The van der Waals surface area contributed by atoms with Crippen molar-refractivity contribution in [3.8, 4) is 0 Å². The van der Waals surface area contributed by atoms with Gasteiger partial charge in [0, 0.05) is 21.6 Å². The second kappa shape index (κ2) is 7.04. The van der Waals surface area contributed by atoms with Crippen LogP contribution >= 0.6 is 34.2 Å². The Bertz CT molecular complexity index is 508. The molecule has 0 fully saturated rings. The molecule has 7 heteroatoms. The van der Waals surface area contributed by atoms with E-state index < -0.39 is 9.84 Å². The molecule has 1 atom stereocenters. The fourth-order valence-corrected chi connectivity index (χ4v) is 2.84. The summed E-state index contributed by atoms with van der Waals surface area (Å²) in [5, 5.41) is 0.677. The van der Waals surface area contributed by atoms with E-state index >= 15 is 0 Å². The van der Waals surface area contributed by atoms with E-state index in [9.17, 15) is 8.42 Å². The SMILES string of the molecule is CS(=O)(=O)CCCC(NN)c1ccc(I)c(Cl)c1. The Morgan fingerprint density at radius 3 is 2.67 bits per heavy atom. The van der Waals surface area contributed by atoms with Gasteiger partial charge in [-0.3, -0.25) is 11.3 Å². The third kappa shape index (κ3) is 5.40. The highest BCUT2D eigenvalue weighted by atomic mass is 127. The van der Waals surface area contributed by atoms with Crippen molar-refractivity contribution in [2.24, 2.45) is 5.84 Å². The van der Waals surface area contributed by atoms with Crippen LogP contribution in [0.15, 0.2) is 18.2 Å². The van der Waals surface area contributed by atoms with Gasteiger partial charge in [0.15, 0.2) is 0 Å². The van der Waals surface area contributed by atoms with Crippen LogP contribution in [-0.4, -0.2) is 20.4 Å². The van der Waals surface area contributed by atoms with Gasteiger partial charge in [0.25, 0.3) is 0 Å². The summed E-state index contributed by atoms with van der Waals surface area (Å²) >= 11 is 8.20. The van der Waals surface area contributed by atoms with E-state index in [0.29, 0.717) is 17.9 Å². The molecule has 1 unspecified atom stereocenters. The van der Waals surface area contributed by atoms with Crippen molar-refractivity contribution < 1.29 is 8.42 Å². The summed E-state index contributed by atoms with van der Waals surface area (Å²) in [5.41, 5.74) is 3.66. The van der Waals surface area contributed by atoms with E-state index in [4.69, 9.17) is 17.4 Å². The van der Waals surface area contributed by atoms with Crippen molar-refractivity contribution in [3.63, 3.8) is 0 Å². The number of hydrogen-bond acceptors (Lipinski definition) is 4. The predicted molar refractivity (Wildman–Crippen MR) is 83.2 cm³/mol. The number of benzene rings is 1. The highest BCUT2D eigenvalue weighted by Crippen LogP contribution is 2.25. The first kappa shape index (κ1) is 16.2. The predicted octanol–water partition coefficient (Wildman–Crippen LogP) is 2.27. The van der Waals surface area contributed by atoms with Gasteiger partial charge >= 0.3 is 0 Å². The van der Waals surface area contributed by atoms with Crippen LogP contribution < -0.4 is 11.3 Å². The first-order chi connectivity index (χ1) is 8.33. The third-order valence-electron chi connectivity index (χ3n) is 2.56. The van der Waals surface area contributed by atoms with Crippen molar-refractivity contribution in [2.45, 2.75) is 18.9 Å². The molecule has 0 aliphatic rings. The summed E-state index contributed by atoms with van der Waals surface area (Å²) in [7, 11) is -2.92. The molecule has 0 saturated carbocycles. The molecule has 0 spiro atoms. The zero-order valence-electron chi connectivity index (χ0n) is 9.99. The Hall–Kier alpha value is 0.110. The Labute approximate surface area is 126 Å². The molecule has 18 heavy (non-hydrogen) atoms. The molecule has 0 aromatic heterocycles. The maximum atomic E-state index is 11.1. The lowest BCUT2D eigenvalue weighted by Gasteiger charge is -2.16. The normalized spacial score (nSPS) is 13.6. The summed E-state index contributed by atoms with van der Waals surface area (Å²) < 4.78 is 23.1. The molecular weight excluding hydrogens is 387 g/mol. The van der Waals surface area contributed by atoms with Gasteiger partial charge in [-0.15, -0.1) is 0 Å². The molecule has 3 N–H and O–H groups in total. The molecule has 102 valence electrons. The Morgan fingerprint density at radius 2 is 2.17 bits per heavy atom. The topological polar surface area (TPSA) is 72.2 Å². The van der Waals surface area contributed by atoms with Gasteiger partial charge in [-0.05, 0) is 53.1 Å². The summed E-state index contributed by atoms with van der Waals surface area (Å²) in [6.07, 6.45) is 2.46. The molecule has 0 radical (unpaired) electrons. The van der Waals surface area contributed by atoms with Crippen LogP contribution in [0.25, 0.3) is 0 Å². The van der Waals surface area contributed by atoms with E-state index in [0.717, 1.165) is 9.13 Å². The van der Waals surface area contributed by atoms with E-state index in [1.54, 1.807) is 0 Å². The maximum Gasteiger partial charge on any atom is 0.147 e. The summed E-state index contributed by atoms with van der Waals surface area (Å²) in [5.74, 6) is 5.67. The Morgan fingerprint density at radius 1 is 1.50 bits per heavy atom. The zero-order valence-corrected chi connectivity index (χ0v) is 13.7. The quantitative estimate of drug-likeness (QED) is 0.435. The monoisotopic (exact) mass is 402 g/mol. The first-order valence-electron chi connectivity index (χ1n) is 5.42. The zero-order chi connectivity index (χ0) is 13.8. The van der Waals surface area contributed by atoms with Gasteiger partial charge in [0.05, 0.1) is 5.02 Å². The summed E-state index contributed by atoms with van der Waals surface area (Å²) in [6, 6.07) is 5.63. The molecule has 1 rings (SSSR count). The summed E-state index contributed by atoms with van der Waals surface area (Å²) in [4.78, 5) is 0. The van der Waals surface area contributed by atoms with Crippen LogP contribution in [0.2, 0.25) is 5.02 Å². The van der Waals surface area contributed by atoms with Crippen LogP contribution in [-0.2, 0) is 9.84 Å². The third-order valence-corrected chi connectivity index (χ3v) is 5.16. The fraction of sp³-hybridized carbons (Fsp3) is 0.455. The van der Waals surface area contributed by atoms with Crippen molar-refractivity contribution in [3.05, 3.63) is 32.4 Å². The number of nitrogens with one attached hydrogen (secondary N) is 1. The van der Waals surface area contributed by atoms with Crippen molar-refractivity contribution >= 4 is 44.0 Å². The largest absolute Gasteiger partial charge is 0.271 e. The van der Waals surface area contributed by atoms with Gasteiger partial charge in [-0.1, -0.05) is 17.7 Å². The lowest BCUT2D eigenvalue weighted by molar-refractivity contribution is 0.507. The van der Waals surface area contributed by atoms with E-state index in [1.807, 2.05) is 18.2 Å². The Kier molecular flexibility index (Phi) is 6.32. The lowest BCUT2D eigenvalue weighted by Crippen LogP contribution is -2.28. The second-order valence-corrected chi connectivity index (χ2v) is 7.99.